The lowest BCUT2D eigenvalue weighted by atomic mass is 10.2. The van der Waals surface area contributed by atoms with Crippen molar-refractivity contribution in [3.8, 4) is 0 Å². The van der Waals surface area contributed by atoms with E-state index in [0.29, 0.717) is 6.54 Å². The number of nitrogens with zero attached hydrogens (tertiary/aromatic N) is 1. The van der Waals surface area contributed by atoms with Gasteiger partial charge in [-0.3, -0.25) is 0 Å². The molecule has 0 bridgehead atoms. The quantitative estimate of drug-likeness (QED) is 0.820. The third kappa shape index (κ3) is 2.38. The van der Waals surface area contributed by atoms with Crippen molar-refractivity contribution in [3.63, 3.8) is 0 Å². The molecular weight excluding hydrogens is 208 g/mol. The first kappa shape index (κ1) is 10.2. The fourth-order valence-electron chi connectivity index (χ4n) is 1.28. The monoisotopic (exact) mass is 218 g/mol. The minimum atomic E-state index is -0.940. The van der Waals surface area contributed by atoms with Crippen molar-refractivity contribution >= 4 is 11.7 Å². The predicted molar refractivity (Wildman–Crippen MR) is 57.2 cm³/mol. The maximum Gasteiger partial charge on any atom is 0.335 e. The Morgan fingerprint density at radius 1 is 1.44 bits per heavy atom. The molecule has 1 heterocycles. The van der Waals surface area contributed by atoms with Crippen LogP contribution < -0.4 is 5.32 Å². The van der Waals surface area contributed by atoms with E-state index < -0.39 is 5.97 Å². The number of hydrogen-bond donors (Lipinski definition) is 2. The van der Waals surface area contributed by atoms with Gasteiger partial charge in [0.25, 0.3) is 0 Å². The lowest BCUT2D eigenvalue weighted by molar-refractivity contribution is 0.0697. The van der Waals surface area contributed by atoms with Crippen LogP contribution >= 0.6 is 0 Å². The molecule has 0 fully saturated rings. The van der Waals surface area contributed by atoms with Crippen molar-refractivity contribution in [3.05, 3.63) is 47.9 Å². The molecule has 82 valence electrons. The lowest BCUT2D eigenvalue weighted by Gasteiger charge is -2.04. The fourth-order valence-corrected chi connectivity index (χ4v) is 1.28. The van der Waals surface area contributed by atoms with Gasteiger partial charge < -0.3 is 14.9 Å². The number of aromatic nitrogens is 1. The Labute approximate surface area is 91.7 Å². The van der Waals surface area contributed by atoms with E-state index in [1.54, 1.807) is 30.3 Å². The smallest absolute Gasteiger partial charge is 0.335 e. The Balaban J connectivity index is 2.04. The highest BCUT2D eigenvalue weighted by atomic mass is 16.5. The van der Waals surface area contributed by atoms with Gasteiger partial charge in [-0.25, -0.2) is 4.79 Å². The zero-order valence-corrected chi connectivity index (χ0v) is 8.38. The van der Waals surface area contributed by atoms with Gasteiger partial charge in [-0.05, 0) is 18.2 Å². The molecule has 0 aliphatic rings. The summed E-state index contributed by atoms with van der Waals surface area (Å²) in [6.45, 7) is 0.500. The van der Waals surface area contributed by atoms with Crippen LogP contribution in [0.2, 0.25) is 0 Å². The van der Waals surface area contributed by atoms with Gasteiger partial charge >= 0.3 is 5.97 Å². The van der Waals surface area contributed by atoms with Crippen molar-refractivity contribution in [1.29, 1.82) is 0 Å². The number of carboxylic acids is 1. The van der Waals surface area contributed by atoms with Crippen LogP contribution in [0.3, 0.4) is 0 Å². The summed E-state index contributed by atoms with van der Waals surface area (Å²) in [4.78, 5) is 10.7. The number of carbonyl (C=O) groups is 1. The molecular formula is C11H10N2O3. The summed E-state index contributed by atoms with van der Waals surface area (Å²) < 4.78 is 4.68. The second-order valence-corrected chi connectivity index (χ2v) is 3.23. The Morgan fingerprint density at radius 2 is 2.31 bits per heavy atom. The highest BCUT2D eigenvalue weighted by molar-refractivity contribution is 5.88. The number of carboxylic acid groups (broad SMARTS) is 1. The second-order valence-electron chi connectivity index (χ2n) is 3.23. The largest absolute Gasteiger partial charge is 0.478 e. The van der Waals surface area contributed by atoms with Crippen molar-refractivity contribution in [2.75, 3.05) is 5.32 Å². The molecule has 0 amide bonds. The van der Waals surface area contributed by atoms with Crippen LogP contribution in [0, 0.1) is 0 Å². The average molecular weight is 218 g/mol. The van der Waals surface area contributed by atoms with Crippen LogP contribution in [0.5, 0.6) is 0 Å². The molecule has 2 N–H and O–H groups in total. The third-order valence-electron chi connectivity index (χ3n) is 2.07. The van der Waals surface area contributed by atoms with Crippen LogP contribution in [0.1, 0.15) is 16.1 Å². The van der Waals surface area contributed by atoms with Gasteiger partial charge in [0.05, 0.1) is 12.1 Å². The van der Waals surface area contributed by atoms with Crippen molar-refractivity contribution in [2.45, 2.75) is 6.54 Å². The van der Waals surface area contributed by atoms with E-state index >= 15 is 0 Å². The molecule has 0 unspecified atom stereocenters. The highest BCUT2D eigenvalue weighted by Crippen LogP contribution is 2.11. The van der Waals surface area contributed by atoms with Gasteiger partial charge in [0.2, 0.25) is 0 Å². The first-order valence-corrected chi connectivity index (χ1v) is 4.72. The summed E-state index contributed by atoms with van der Waals surface area (Å²) in [5.74, 6) is -0.940. The Morgan fingerprint density at radius 3 is 3.00 bits per heavy atom. The summed E-state index contributed by atoms with van der Waals surface area (Å²) in [7, 11) is 0. The molecule has 0 saturated heterocycles. The normalized spacial score (nSPS) is 10.0. The molecule has 16 heavy (non-hydrogen) atoms. The number of benzene rings is 1. The first-order chi connectivity index (χ1) is 7.75. The molecule has 1 aromatic heterocycles. The summed E-state index contributed by atoms with van der Waals surface area (Å²) in [6.07, 6.45) is 1.49. The summed E-state index contributed by atoms with van der Waals surface area (Å²) in [5.41, 5.74) is 1.76. The molecule has 5 heteroatoms. The Bertz CT molecular complexity index is 480. The van der Waals surface area contributed by atoms with Crippen LogP contribution in [-0.2, 0) is 6.54 Å². The number of aromatic carboxylic acids is 1. The topological polar surface area (TPSA) is 75.4 Å². The van der Waals surface area contributed by atoms with Crippen LogP contribution in [0.15, 0.2) is 41.1 Å². The molecule has 0 atom stereocenters. The maximum absolute atomic E-state index is 10.7. The molecule has 0 aliphatic heterocycles. The highest BCUT2D eigenvalue weighted by Gasteiger charge is 2.03. The summed E-state index contributed by atoms with van der Waals surface area (Å²) in [6, 6.07) is 8.35. The first-order valence-electron chi connectivity index (χ1n) is 4.72. The SMILES string of the molecule is O=C(O)c1cccc(NCc2ccon2)c1. The predicted octanol–water partition coefficient (Wildman–Crippen LogP) is 1.98. The minimum absolute atomic E-state index is 0.255. The van der Waals surface area contributed by atoms with Gasteiger partial charge in [0, 0.05) is 11.8 Å². The van der Waals surface area contributed by atoms with Crippen molar-refractivity contribution in [1.82, 2.24) is 5.16 Å². The Kier molecular flexibility index (Phi) is 2.86. The summed E-state index contributed by atoms with van der Waals surface area (Å²) in [5, 5.41) is 15.6. The van der Waals surface area contributed by atoms with E-state index in [-0.39, 0.29) is 5.56 Å². The molecule has 0 radical (unpaired) electrons. The van der Waals surface area contributed by atoms with Crippen molar-refractivity contribution < 1.29 is 14.4 Å². The van der Waals surface area contributed by atoms with Crippen LogP contribution in [0.4, 0.5) is 5.69 Å². The van der Waals surface area contributed by atoms with Gasteiger partial charge in [-0.1, -0.05) is 11.2 Å². The zero-order chi connectivity index (χ0) is 11.4. The lowest BCUT2D eigenvalue weighted by Crippen LogP contribution is -2.02. The Hall–Kier alpha value is -2.30. The van der Waals surface area contributed by atoms with Crippen LogP contribution in [-0.4, -0.2) is 16.2 Å². The molecule has 0 saturated carbocycles. The number of anilines is 1. The third-order valence-corrected chi connectivity index (χ3v) is 2.07. The second kappa shape index (κ2) is 4.48. The van der Waals surface area contributed by atoms with E-state index in [1.807, 2.05) is 0 Å². The minimum Gasteiger partial charge on any atom is -0.478 e. The van der Waals surface area contributed by atoms with Gasteiger partial charge in [-0.15, -0.1) is 0 Å². The van der Waals surface area contributed by atoms with Gasteiger partial charge in [-0.2, -0.15) is 0 Å². The molecule has 0 aliphatic carbocycles. The summed E-state index contributed by atoms with van der Waals surface area (Å²) >= 11 is 0. The number of hydrogen-bond acceptors (Lipinski definition) is 4. The standard InChI is InChI=1S/C11H10N2O3/c14-11(15)8-2-1-3-9(6-8)12-7-10-4-5-16-13-10/h1-6,12H,7H2,(H,14,15). The maximum atomic E-state index is 10.7. The van der Waals surface area contributed by atoms with Gasteiger partial charge in [0.1, 0.15) is 12.0 Å². The van der Waals surface area contributed by atoms with Crippen LogP contribution in [0.25, 0.3) is 0 Å². The molecule has 2 rings (SSSR count). The fraction of sp³-hybridized carbons (Fsp3) is 0.0909. The van der Waals surface area contributed by atoms with E-state index in [4.69, 9.17) is 5.11 Å². The number of rotatable bonds is 4. The van der Waals surface area contributed by atoms with E-state index in [0.717, 1.165) is 11.4 Å². The van der Waals surface area contributed by atoms with Crippen molar-refractivity contribution in [2.24, 2.45) is 0 Å². The van der Waals surface area contributed by atoms with Gasteiger partial charge in [0.15, 0.2) is 0 Å². The zero-order valence-electron chi connectivity index (χ0n) is 8.38. The average Bonchev–Trinajstić information content (AvgIpc) is 2.79. The van der Waals surface area contributed by atoms with E-state index in [2.05, 4.69) is 15.0 Å². The molecule has 1 aromatic carbocycles. The number of nitrogens with one attached hydrogen (secondary N) is 1. The van der Waals surface area contributed by atoms with E-state index in [9.17, 15) is 4.79 Å². The molecule has 0 spiro atoms. The van der Waals surface area contributed by atoms with E-state index in [1.165, 1.54) is 6.26 Å². The molecule has 2 aromatic rings. The molecule has 5 nitrogen and oxygen atoms in total.